The van der Waals surface area contributed by atoms with Crippen molar-refractivity contribution in [3.8, 4) is 29.1 Å². The van der Waals surface area contributed by atoms with E-state index in [-0.39, 0.29) is 47.3 Å². The lowest BCUT2D eigenvalue weighted by molar-refractivity contribution is -0.287. The second-order valence-electron chi connectivity index (χ2n) is 7.86. The summed E-state index contributed by atoms with van der Waals surface area (Å²) in [5.41, 5.74) is 0.428. The van der Waals surface area contributed by atoms with Gasteiger partial charge < -0.3 is 28.4 Å². The van der Waals surface area contributed by atoms with Crippen LogP contribution >= 0.6 is 0 Å². The van der Waals surface area contributed by atoms with Gasteiger partial charge in [0.15, 0.2) is 28.9 Å². The minimum atomic E-state index is -3.74. The number of ether oxygens (including phenoxy) is 6. The van der Waals surface area contributed by atoms with Crippen molar-refractivity contribution < 1.29 is 60.4 Å². The highest BCUT2D eigenvalue weighted by Gasteiger charge is 2.45. The molecule has 0 aliphatic carbocycles. The molecule has 2 aliphatic heterocycles. The van der Waals surface area contributed by atoms with Gasteiger partial charge in [0.05, 0.1) is 19.3 Å². The van der Waals surface area contributed by atoms with Gasteiger partial charge in [0, 0.05) is 0 Å². The van der Waals surface area contributed by atoms with Crippen LogP contribution in [0.1, 0.15) is 43.7 Å². The van der Waals surface area contributed by atoms with Crippen molar-refractivity contribution in [1.29, 1.82) is 5.26 Å². The zero-order valence-electron chi connectivity index (χ0n) is 20.7. The van der Waals surface area contributed by atoms with Crippen LogP contribution in [0.2, 0.25) is 0 Å². The molecule has 2 aromatic rings. The maximum absolute atomic E-state index is 12.9. The molecule has 0 bridgehead atoms. The summed E-state index contributed by atoms with van der Waals surface area (Å²) in [5.74, 6) is -5.01. The molecule has 39 heavy (non-hydrogen) atoms. The summed E-state index contributed by atoms with van der Waals surface area (Å²) in [6, 6.07) is 9.24. The molecule has 2 aromatic carbocycles. The normalized spacial score (nSPS) is 16.6. The van der Waals surface area contributed by atoms with Gasteiger partial charge in [0.25, 0.3) is 0 Å². The minimum absolute atomic E-state index is 0.116. The number of rotatable bonds is 7. The van der Waals surface area contributed by atoms with E-state index in [1.165, 1.54) is 43.3 Å². The monoisotopic (exact) mass is 555 g/mol. The predicted molar refractivity (Wildman–Crippen MR) is 120 cm³/mol. The van der Waals surface area contributed by atoms with Crippen LogP contribution in [0, 0.1) is 11.3 Å². The molecule has 2 heterocycles. The van der Waals surface area contributed by atoms with Crippen LogP contribution in [-0.4, -0.2) is 43.5 Å². The molecule has 208 valence electrons. The van der Waals surface area contributed by atoms with Crippen LogP contribution in [-0.2, 0) is 23.9 Å². The maximum atomic E-state index is 12.9. The lowest BCUT2D eigenvalue weighted by Crippen LogP contribution is -2.26. The number of hydrogen-bond donors (Lipinski definition) is 0. The first kappa shape index (κ1) is 29.0. The molecule has 2 unspecified atom stereocenters. The molecule has 0 spiro atoms. The van der Waals surface area contributed by atoms with Crippen molar-refractivity contribution in [3.63, 3.8) is 0 Å². The van der Waals surface area contributed by atoms with E-state index in [4.69, 9.17) is 14.7 Å². The van der Waals surface area contributed by atoms with Crippen molar-refractivity contribution in [2.75, 3.05) is 13.2 Å². The van der Waals surface area contributed by atoms with Crippen molar-refractivity contribution in [1.82, 2.24) is 0 Å². The van der Waals surface area contributed by atoms with Gasteiger partial charge in [-0.05, 0) is 56.2 Å². The highest BCUT2D eigenvalue weighted by molar-refractivity contribution is 6.03. The number of halogens is 4. The summed E-state index contributed by atoms with van der Waals surface area (Å²) in [4.78, 5) is 34.9. The maximum Gasteiger partial charge on any atom is 0.586 e. The van der Waals surface area contributed by atoms with Crippen molar-refractivity contribution in [2.24, 2.45) is 0 Å². The molecular formula is C25H21F4NO9. The number of benzene rings is 2. The van der Waals surface area contributed by atoms with E-state index in [1.807, 2.05) is 0 Å². The Balaban J connectivity index is 0.000000216. The summed E-state index contributed by atoms with van der Waals surface area (Å²) in [6.45, 7) is 4.67. The van der Waals surface area contributed by atoms with Crippen LogP contribution in [0.25, 0.3) is 0 Å². The largest absolute Gasteiger partial charge is 0.586 e. The molecule has 0 N–H and O–H groups in total. The van der Waals surface area contributed by atoms with Crippen LogP contribution < -0.4 is 18.9 Å². The Bertz CT molecular complexity index is 1310. The van der Waals surface area contributed by atoms with Crippen molar-refractivity contribution >= 4 is 17.7 Å². The van der Waals surface area contributed by atoms with Crippen LogP contribution in [0.4, 0.5) is 17.6 Å². The fraction of sp³-hybridized carbons (Fsp3) is 0.360. The van der Waals surface area contributed by atoms with Crippen molar-refractivity contribution in [2.45, 2.75) is 45.2 Å². The van der Waals surface area contributed by atoms with E-state index in [1.54, 1.807) is 19.9 Å². The SMILES string of the molecule is CCOC(=O)C(C#N)c1ccc2c(c1)OC(F)(F)O2.CCOC(=O)C(C(C)=O)c1ccc2c(c1)OC(F)(F)O2. The number of Topliss-reactive ketones (excluding diaryl/α,β-unsaturated/α-hetero) is 1. The third-order valence-electron chi connectivity index (χ3n) is 5.10. The Morgan fingerprint density at radius 3 is 1.69 bits per heavy atom. The lowest BCUT2D eigenvalue weighted by Gasteiger charge is -2.13. The number of nitrogens with zero attached hydrogens (tertiary/aromatic N) is 1. The standard InChI is InChI=1S/C13H12F2O5.C12H9F2NO4/c1-3-18-12(17)11(7(2)16)8-4-5-9-10(6-8)20-13(14,15)19-9;1-2-17-11(16)8(6-15)7-3-4-9-10(5-7)19-12(13,14)18-9/h4-6,11H,3H2,1-2H3;3-5,8H,2H2,1H3. The Hall–Kier alpha value is -4.54. The Morgan fingerprint density at radius 2 is 1.23 bits per heavy atom. The summed E-state index contributed by atoms with van der Waals surface area (Å²) >= 11 is 0. The van der Waals surface area contributed by atoms with Gasteiger partial charge >= 0.3 is 24.5 Å². The topological polar surface area (TPSA) is 130 Å². The van der Waals surface area contributed by atoms with E-state index >= 15 is 0 Å². The molecule has 0 saturated carbocycles. The average molecular weight is 555 g/mol. The summed E-state index contributed by atoms with van der Waals surface area (Å²) in [5, 5.41) is 8.96. The second kappa shape index (κ2) is 11.5. The minimum Gasteiger partial charge on any atom is -0.465 e. The first-order valence-electron chi connectivity index (χ1n) is 11.3. The van der Waals surface area contributed by atoms with E-state index in [2.05, 4.69) is 18.9 Å². The highest BCUT2D eigenvalue weighted by atomic mass is 19.3. The number of fused-ring (bicyclic) bond motifs is 2. The van der Waals surface area contributed by atoms with Crippen molar-refractivity contribution in [3.05, 3.63) is 47.5 Å². The number of alkyl halides is 4. The van der Waals surface area contributed by atoms with E-state index in [0.29, 0.717) is 0 Å². The van der Waals surface area contributed by atoms with Gasteiger partial charge in [0.1, 0.15) is 11.7 Å². The van der Waals surface area contributed by atoms with Gasteiger partial charge in [0.2, 0.25) is 0 Å². The fourth-order valence-electron chi connectivity index (χ4n) is 3.54. The van der Waals surface area contributed by atoms with Crippen LogP contribution in [0.3, 0.4) is 0 Å². The zero-order valence-corrected chi connectivity index (χ0v) is 20.7. The van der Waals surface area contributed by atoms with Gasteiger partial charge in [-0.2, -0.15) is 5.26 Å². The van der Waals surface area contributed by atoms with Crippen LogP contribution in [0.5, 0.6) is 23.0 Å². The van der Waals surface area contributed by atoms with E-state index in [9.17, 15) is 31.9 Å². The molecule has 2 aliphatic rings. The molecule has 4 rings (SSSR count). The number of nitriles is 1. The van der Waals surface area contributed by atoms with Gasteiger partial charge in [-0.3, -0.25) is 14.4 Å². The third-order valence-corrected chi connectivity index (χ3v) is 5.10. The quantitative estimate of drug-likeness (QED) is 0.275. The van der Waals surface area contributed by atoms with Gasteiger partial charge in [-0.1, -0.05) is 12.1 Å². The van der Waals surface area contributed by atoms with E-state index in [0.717, 1.165) is 0 Å². The molecule has 14 heteroatoms. The Morgan fingerprint density at radius 1 is 0.795 bits per heavy atom. The number of hydrogen-bond acceptors (Lipinski definition) is 10. The third kappa shape index (κ3) is 6.86. The summed E-state index contributed by atoms with van der Waals surface area (Å²) in [7, 11) is 0. The van der Waals surface area contributed by atoms with Gasteiger partial charge in [-0.15, -0.1) is 17.6 Å². The molecule has 2 atom stereocenters. The first-order valence-corrected chi connectivity index (χ1v) is 11.3. The molecule has 0 saturated heterocycles. The predicted octanol–water partition coefficient (Wildman–Crippen LogP) is 4.42. The first-order chi connectivity index (χ1) is 18.3. The molecule has 0 amide bonds. The fourth-order valence-corrected chi connectivity index (χ4v) is 3.54. The second-order valence-corrected chi connectivity index (χ2v) is 7.86. The number of esters is 2. The molecule has 0 fully saturated rings. The summed E-state index contributed by atoms with van der Waals surface area (Å²) < 4.78 is 78.0. The molecule has 0 radical (unpaired) electrons. The number of carbonyl (C=O) groups excluding carboxylic acids is 3. The van der Waals surface area contributed by atoms with Crippen LogP contribution in [0.15, 0.2) is 36.4 Å². The average Bonchev–Trinajstić information content (AvgIpc) is 3.32. The molecule has 0 aromatic heterocycles. The summed E-state index contributed by atoms with van der Waals surface area (Å²) in [6.07, 6.45) is -7.47. The Kier molecular flexibility index (Phi) is 8.53. The Labute approximate surface area is 218 Å². The van der Waals surface area contributed by atoms with E-state index < -0.39 is 42.1 Å². The number of ketones is 1. The zero-order chi connectivity index (χ0) is 29.0. The molecule has 10 nitrogen and oxygen atoms in total. The smallest absolute Gasteiger partial charge is 0.465 e. The molecular weight excluding hydrogens is 534 g/mol. The number of carbonyl (C=O) groups is 3. The highest BCUT2D eigenvalue weighted by Crippen LogP contribution is 2.43. The van der Waals surface area contributed by atoms with Gasteiger partial charge in [-0.25, -0.2) is 0 Å². The lowest BCUT2D eigenvalue weighted by atomic mass is 9.95.